The molecular formula is C48H61N11O7. The first kappa shape index (κ1) is 50.1. The summed E-state index contributed by atoms with van der Waals surface area (Å²) in [4.78, 5) is 81.0. The number of carbonyl (C=O) groups is 5. The van der Waals surface area contributed by atoms with E-state index in [0.717, 1.165) is 11.1 Å². The molecule has 18 nitrogen and oxygen atoms in total. The Morgan fingerprint density at radius 2 is 1.48 bits per heavy atom. The Kier molecular flexibility index (Phi) is 16.9. The average Bonchev–Trinajstić information content (AvgIpc) is 3.28. The number of aryl methyl sites for hydroxylation is 2. The second-order valence-electron chi connectivity index (χ2n) is 17.1. The first-order valence-corrected chi connectivity index (χ1v) is 21.8. The molecule has 2 heterocycles. The number of nitriles is 1. The number of carbonyl (C=O) groups excluding carboxylic acids is 5. The Bertz CT molecular complexity index is 2440. The van der Waals surface area contributed by atoms with Crippen molar-refractivity contribution in [1.82, 2.24) is 36.1 Å². The van der Waals surface area contributed by atoms with Crippen LogP contribution in [0.3, 0.4) is 0 Å². The normalized spacial score (nSPS) is 16.7. The molecule has 66 heavy (non-hydrogen) atoms. The zero-order valence-electron chi connectivity index (χ0n) is 38.6. The molecule has 10 N–H and O–H groups in total. The standard InChI is InChI=1S/C48H61N11O7/c1-27-40(28(2)55-42(54-27)31-9-12-33(13-10-31)48(4,5)6)45(62)57-36(16-17-49)47(64)59(7)41-32-11-15-39(66-23-20-52)35(26-32)34-24-30(8-14-38(34)65-22-19-51)25-37(44(61)53-21-18-50)58-43(60)29(3)56-46(41)63/h8-15,24,26,29,36-37,41H,16-17,19-23,25,49,51-52H2,1-7H3,(H,53,61)(H,56,63)(H,57,62)(H,58,60). The van der Waals surface area contributed by atoms with E-state index in [4.69, 9.17) is 31.9 Å². The van der Waals surface area contributed by atoms with Gasteiger partial charge in [0.15, 0.2) is 5.82 Å². The van der Waals surface area contributed by atoms with Crippen molar-refractivity contribution in [3.05, 3.63) is 94.3 Å². The third kappa shape index (κ3) is 12.0. The molecule has 0 saturated carbocycles. The SMILES string of the molecule is Cc1nc(-c2ccc(C(C)(C)C)cc2)nc(C)c1C(=O)NC(CCN)C(=O)N(C)C1C(=O)NC(C)C(=O)NC(C(=O)NCC#N)Cc2ccc(OCCN)c(c2)-c2cc1ccc2OCCN. The average molecular weight is 904 g/mol. The number of hydrogen-bond acceptors (Lipinski definition) is 13. The molecule has 5 rings (SSSR count). The van der Waals surface area contributed by atoms with Crippen LogP contribution in [0.5, 0.6) is 11.5 Å². The lowest BCUT2D eigenvalue weighted by Gasteiger charge is -2.32. The Hall–Kier alpha value is -6.94. The number of amides is 5. The second-order valence-corrected chi connectivity index (χ2v) is 17.1. The number of benzene rings is 3. The van der Waals surface area contributed by atoms with E-state index in [2.05, 4.69) is 52.0 Å². The van der Waals surface area contributed by atoms with Gasteiger partial charge >= 0.3 is 0 Å². The van der Waals surface area contributed by atoms with Crippen LogP contribution >= 0.6 is 0 Å². The van der Waals surface area contributed by atoms with Gasteiger partial charge in [-0.2, -0.15) is 5.26 Å². The van der Waals surface area contributed by atoms with Crippen molar-refractivity contribution >= 4 is 29.5 Å². The molecule has 0 fully saturated rings. The Morgan fingerprint density at radius 3 is 2.06 bits per heavy atom. The highest BCUT2D eigenvalue weighted by molar-refractivity contribution is 6.00. The fourth-order valence-electron chi connectivity index (χ4n) is 7.65. The highest BCUT2D eigenvalue weighted by Gasteiger charge is 2.36. The van der Waals surface area contributed by atoms with Crippen molar-refractivity contribution in [3.63, 3.8) is 0 Å². The molecule has 3 aromatic carbocycles. The first-order chi connectivity index (χ1) is 31.4. The number of nitrogens with zero attached hydrogens (tertiary/aromatic N) is 4. The molecule has 4 bridgehead atoms. The van der Waals surface area contributed by atoms with E-state index in [9.17, 15) is 24.0 Å². The summed E-state index contributed by atoms with van der Waals surface area (Å²) in [6, 6.07) is 15.0. The van der Waals surface area contributed by atoms with E-state index in [0.29, 0.717) is 51.0 Å². The predicted octanol–water partition coefficient (Wildman–Crippen LogP) is 2.23. The minimum Gasteiger partial charge on any atom is -0.492 e. The lowest BCUT2D eigenvalue weighted by molar-refractivity contribution is -0.141. The van der Waals surface area contributed by atoms with Gasteiger partial charge in [0.2, 0.25) is 23.6 Å². The quantitative estimate of drug-likeness (QED) is 0.0845. The van der Waals surface area contributed by atoms with Crippen LogP contribution in [0.4, 0.5) is 0 Å². The number of aromatic nitrogens is 2. The second kappa shape index (κ2) is 22.3. The van der Waals surface area contributed by atoms with Gasteiger partial charge in [-0.3, -0.25) is 24.0 Å². The van der Waals surface area contributed by atoms with Gasteiger partial charge in [-0.05, 0) is 80.1 Å². The number of nitrogens with one attached hydrogen (secondary N) is 4. The summed E-state index contributed by atoms with van der Waals surface area (Å²) < 4.78 is 12.2. The van der Waals surface area contributed by atoms with E-state index in [-0.39, 0.29) is 63.2 Å². The first-order valence-electron chi connectivity index (χ1n) is 21.8. The molecule has 0 saturated heterocycles. The molecule has 0 aliphatic carbocycles. The number of likely N-dealkylation sites (N-methyl/N-ethyl adjacent to an activating group) is 1. The smallest absolute Gasteiger partial charge is 0.255 e. The molecule has 1 aromatic heterocycles. The predicted molar refractivity (Wildman–Crippen MR) is 249 cm³/mol. The van der Waals surface area contributed by atoms with Gasteiger partial charge < -0.3 is 52.8 Å². The fraction of sp³-hybridized carbons (Fsp3) is 0.417. The monoisotopic (exact) mass is 903 g/mol. The van der Waals surface area contributed by atoms with Crippen LogP contribution in [0.25, 0.3) is 22.5 Å². The molecular weight excluding hydrogens is 843 g/mol. The molecule has 18 heteroatoms. The van der Waals surface area contributed by atoms with E-state index >= 15 is 0 Å². The summed E-state index contributed by atoms with van der Waals surface area (Å²) >= 11 is 0. The molecule has 1 aliphatic rings. The van der Waals surface area contributed by atoms with Gasteiger partial charge in [0.1, 0.15) is 55.4 Å². The van der Waals surface area contributed by atoms with Crippen LogP contribution in [-0.2, 0) is 31.0 Å². The van der Waals surface area contributed by atoms with Gasteiger partial charge in [-0.1, -0.05) is 57.2 Å². The maximum Gasteiger partial charge on any atom is 0.255 e. The Morgan fingerprint density at radius 1 is 0.879 bits per heavy atom. The van der Waals surface area contributed by atoms with Crippen molar-refractivity contribution in [2.24, 2.45) is 17.2 Å². The topological polar surface area (TPSA) is 283 Å². The van der Waals surface area contributed by atoms with Gasteiger partial charge in [0.25, 0.3) is 5.91 Å². The number of nitrogens with two attached hydrogens (primary N) is 3. The summed E-state index contributed by atoms with van der Waals surface area (Å²) in [6.45, 7) is 11.6. The zero-order chi connectivity index (χ0) is 48.3. The molecule has 350 valence electrons. The number of hydrogen-bond donors (Lipinski definition) is 7. The number of rotatable bonds is 15. The molecule has 0 spiro atoms. The van der Waals surface area contributed by atoms with Crippen molar-refractivity contribution in [2.45, 2.75) is 84.0 Å². The van der Waals surface area contributed by atoms with Crippen molar-refractivity contribution in [2.75, 3.05) is 46.4 Å². The van der Waals surface area contributed by atoms with Crippen LogP contribution in [0.2, 0.25) is 0 Å². The summed E-state index contributed by atoms with van der Waals surface area (Å²) in [6.07, 6.45) is 0.00162. The number of fused-ring (bicyclic) bond motifs is 5. The van der Waals surface area contributed by atoms with E-state index in [1.807, 2.05) is 30.3 Å². The molecule has 4 aromatic rings. The maximum atomic E-state index is 14.7. The van der Waals surface area contributed by atoms with E-state index in [1.54, 1.807) is 50.2 Å². The molecule has 5 amide bonds. The van der Waals surface area contributed by atoms with E-state index in [1.165, 1.54) is 18.9 Å². The summed E-state index contributed by atoms with van der Waals surface area (Å²) in [5.41, 5.74) is 22.4. The van der Waals surface area contributed by atoms with Gasteiger partial charge in [0, 0.05) is 43.2 Å². The van der Waals surface area contributed by atoms with E-state index < -0.39 is 53.7 Å². The van der Waals surface area contributed by atoms with Crippen LogP contribution in [-0.4, -0.2) is 109 Å². The summed E-state index contributed by atoms with van der Waals surface area (Å²) in [5.74, 6) is -2.13. The lowest BCUT2D eigenvalue weighted by atomic mass is 9.86. The third-order valence-corrected chi connectivity index (χ3v) is 11.1. The number of ether oxygens (including phenoxy) is 2. The summed E-state index contributed by atoms with van der Waals surface area (Å²) in [5, 5.41) is 19.9. The highest BCUT2D eigenvalue weighted by Crippen LogP contribution is 2.40. The highest BCUT2D eigenvalue weighted by atomic mass is 16.5. The third-order valence-electron chi connectivity index (χ3n) is 11.1. The molecule has 4 unspecified atom stereocenters. The Labute approximate surface area is 385 Å². The minimum absolute atomic E-state index is 0.000225. The Balaban J connectivity index is 1.57. The van der Waals surface area contributed by atoms with Gasteiger partial charge in [0.05, 0.1) is 23.0 Å². The van der Waals surface area contributed by atoms with Crippen molar-refractivity contribution in [1.29, 1.82) is 5.26 Å². The largest absolute Gasteiger partial charge is 0.492 e. The van der Waals surface area contributed by atoms with Crippen LogP contribution in [0.1, 0.15) is 78.6 Å². The van der Waals surface area contributed by atoms with Gasteiger partial charge in [-0.15, -0.1) is 0 Å². The molecule has 1 aliphatic heterocycles. The fourth-order valence-corrected chi connectivity index (χ4v) is 7.65. The van der Waals surface area contributed by atoms with Crippen LogP contribution in [0, 0.1) is 25.2 Å². The van der Waals surface area contributed by atoms with Crippen LogP contribution in [0.15, 0.2) is 60.7 Å². The van der Waals surface area contributed by atoms with Crippen molar-refractivity contribution < 1.29 is 33.4 Å². The molecule has 0 radical (unpaired) electrons. The molecule has 4 atom stereocenters. The lowest BCUT2D eigenvalue weighted by Crippen LogP contribution is -2.56. The minimum atomic E-state index is -1.41. The summed E-state index contributed by atoms with van der Waals surface area (Å²) in [7, 11) is 1.42. The maximum absolute atomic E-state index is 14.7. The van der Waals surface area contributed by atoms with Gasteiger partial charge in [-0.25, -0.2) is 9.97 Å². The van der Waals surface area contributed by atoms with Crippen molar-refractivity contribution in [3.8, 4) is 40.1 Å². The van der Waals surface area contributed by atoms with Crippen LogP contribution < -0.4 is 47.9 Å². The zero-order valence-corrected chi connectivity index (χ0v) is 38.6.